The van der Waals surface area contributed by atoms with E-state index >= 15 is 0 Å². The van der Waals surface area contributed by atoms with Gasteiger partial charge in [-0.25, -0.2) is 4.79 Å². The summed E-state index contributed by atoms with van der Waals surface area (Å²) in [4.78, 5) is 24.2. The number of benzene rings is 2. The number of fused-ring (bicyclic) bond motifs is 1. The summed E-state index contributed by atoms with van der Waals surface area (Å²) in [5.74, 6) is -0.629. The lowest BCUT2D eigenvalue weighted by molar-refractivity contribution is 0.0599. The lowest BCUT2D eigenvalue weighted by Gasteiger charge is -2.12. The molecule has 0 amide bonds. The highest BCUT2D eigenvalue weighted by Crippen LogP contribution is 2.17. The predicted octanol–water partition coefficient (Wildman–Crippen LogP) is 2.78. The first-order chi connectivity index (χ1) is 10.2. The van der Waals surface area contributed by atoms with E-state index in [-0.39, 0.29) is 11.0 Å². The van der Waals surface area contributed by atoms with E-state index in [4.69, 9.17) is 4.74 Å². The van der Waals surface area contributed by atoms with Crippen LogP contribution in [0.15, 0.2) is 65.6 Å². The zero-order chi connectivity index (χ0) is 14.8. The average molecular weight is 279 g/mol. The second-order valence-corrected chi connectivity index (χ2v) is 4.59. The number of para-hydroxylation sites is 2. The number of hydrogen-bond donors (Lipinski definition) is 0. The van der Waals surface area contributed by atoms with Gasteiger partial charge in [-0.05, 0) is 24.3 Å². The topological polar surface area (TPSA) is 48.3 Å². The molecule has 0 fully saturated rings. The van der Waals surface area contributed by atoms with Crippen molar-refractivity contribution in [2.45, 2.75) is 0 Å². The van der Waals surface area contributed by atoms with Crippen LogP contribution in [-0.4, -0.2) is 17.6 Å². The summed E-state index contributed by atoms with van der Waals surface area (Å²) in [6.07, 6.45) is 1.53. The molecule has 2 aromatic carbocycles. The molecular formula is C17H13NO3. The Labute approximate surface area is 121 Å². The van der Waals surface area contributed by atoms with Gasteiger partial charge in [0.15, 0.2) is 0 Å². The molecule has 104 valence electrons. The zero-order valence-electron chi connectivity index (χ0n) is 11.4. The van der Waals surface area contributed by atoms with Crippen LogP contribution in [0.4, 0.5) is 0 Å². The van der Waals surface area contributed by atoms with Gasteiger partial charge in [-0.1, -0.05) is 30.3 Å². The molecule has 0 aliphatic rings. The van der Waals surface area contributed by atoms with E-state index < -0.39 is 5.97 Å². The van der Waals surface area contributed by atoms with Gasteiger partial charge in [0.05, 0.1) is 12.6 Å². The number of hydrogen-bond acceptors (Lipinski definition) is 3. The number of methoxy groups -OCH3 is 1. The number of ether oxygens (including phenoxy) is 1. The smallest absolute Gasteiger partial charge is 0.343 e. The number of carbonyl (C=O) groups is 1. The van der Waals surface area contributed by atoms with Gasteiger partial charge in [0.25, 0.3) is 0 Å². The molecule has 3 aromatic rings. The predicted molar refractivity (Wildman–Crippen MR) is 80.9 cm³/mol. The monoisotopic (exact) mass is 279 g/mol. The Kier molecular flexibility index (Phi) is 3.28. The highest BCUT2D eigenvalue weighted by molar-refractivity contribution is 5.94. The largest absolute Gasteiger partial charge is 0.465 e. The molecule has 3 rings (SSSR count). The van der Waals surface area contributed by atoms with Crippen LogP contribution in [0, 0.1) is 0 Å². The van der Waals surface area contributed by atoms with Crippen LogP contribution in [0.25, 0.3) is 16.6 Å². The second-order valence-electron chi connectivity index (χ2n) is 4.59. The zero-order valence-corrected chi connectivity index (χ0v) is 11.4. The first-order valence-corrected chi connectivity index (χ1v) is 6.50. The fraction of sp³-hybridized carbons (Fsp3) is 0.0588. The van der Waals surface area contributed by atoms with E-state index in [2.05, 4.69) is 0 Å². The molecule has 21 heavy (non-hydrogen) atoms. The molecule has 0 radical (unpaired) electrons. The van der Waals surface area contributed by atoms with E-state index in [1.807, 2.05) is 47.0 Å². The molecule has 4 heteroatoms. The summed E-state index contributed by atoms with van der Waals surface area (Å²) in [6.45, 7) is 0. The van der Waals surface area contributed by atoms with Gasteiger partial charge < -0.3 is 9.30 Å². The van der Waals surface area contributed by atoms with Crippen LogP contribution in [0.2, 0.25) is 0 Å². The van der Waals surface area contributed by atoms with Gasteiger partial charge >= 0.3 is 5.97 Å². The van der Waals surface area contributed by atoms with E-state index in [0.29, 0.717) is 5.39 Å². The SMILES string of the molecule is COC(=O)c1cn(-c2ccccc2)c2ccccc2c1=O. The van der Waals surface area contributed by atoms with Gasteiger partial charge in [-0.15, -0.1) is 0 Å². The first kappa shape index (κ1) is 13.1. The van der Waals surface area contributed by atoms with Crippen LogP contribution in [0.5, 0.6) is 0 Å². The lowest BCUT2D eigenvalue weighted by atomic mass is 10.1. The highest BCUT2D eigenvalue weighted by Gasteiger charge is 2.16. The summed E-state index contributed by atoms with van der Waals surface area (Å²) in [7, 11) is 1.27. The molecule has 0 saturated carbocycles. The Bertz CT molecular complexity index is 866. The summed E-state index contributed by atoms with van der Waals surface area (Å²) in [5.41, 5.74) is 1.34. The fourth-order valence-corrected chi connectivity index (χ4v) is 2.34. The van der Waals surface area contributed by atoms with Crippen molar-refractivity contribution in [2.75, 3.05) is 7.11 Å². The third kappa shape index (κ3) is 2.21. The number of pyridine rings is 1. The van der Waals surface area contributed by atoms with Crippen molar-refractivity contribution in [3.05, 3.63) is 76.6 Å². The van der Waals surface area contributed by atoms with E-state index in [1.54, 1.807) is 12.1 Å². The highest BCUT2D eigenvalue weighted by atomic mass is 16.5. The van der Waals surface area contributed by atoms with Gasteiger partial charge in [0.2, 0.25) is 5.43 Å². The van der Waals surface area contributed by atoms with E-state index in [9.17, 15) is 9.59 Å². The Morgan fingerprint density at radius 3 is 2.38 bits per heavy atom. The molecule has 0 N–H and O–H groups in total. The van der Waals surface area contributed by atoms with Crippen LogP contribution in [0.1, 0.15) is 10.4 Å². The molecule has 0 aliphatic carbocycles. The van der Waals surface area contributed by atoms with Crippen molar-refractivity contribution >= 4 is 16.9 Å². The number of nitrogens with zero attached hydrogens (tertiary/aromatic N) is 1. The molecule has 0 saturated heterocycles. The number of carbonyl (C=O) groups excluding carboxylic acids is 1. The minimum absolute atomic E-state index is 0.0278. The average Bonchev–Trinajstić information content (AvgIpc) is 2.55. The Balaban J connectivity index is 2.41. The van der Waals surface area contributed by atoms with Gasteiger partial charge in [0, 0.05) is 17.3 Å². The molecule has 0 aliphatic heterocycles. The van der Waals surface area contributed by atoms with Crippen LogP contribution in [0.3, 0.4) is 0 Å². The summed E-state index contributed by atoms with van der Waals surface area (Å²) >= 11 is 0. The van der Waals surface area contributed by atoms with Crippen molar-refractivity contribution in [1.29, 1.82) is 0 Å². The van der Waals surface area contributed by atoms with Gasteiger partial charge in [-0.2, -0.15) is 0 Å². The Morgan fingerprint density at radius 1 is 1.00 bits per heavy atom. The maximum Gasteiger partial charge on any atom is 0.343 e. The van der Waals surface area contributed by atoms with Crippen molar-refractivity contribution in [1.82, 2.24) is 4.57 Å². The van der Waals surface area contributed by atoms with Crippen LogP contribution < -0.4 is 5.43 Å². The maximum atomic E-state index is 12.4. The van der Waals surface area contributed by atoms with Crippen LogP contribution >= 0.6 is 0 Å². The van der Waals surface area contributed by atoms with Gasteiger partial charge in [0.1, 0.15) is 5.56 Å². The Morgan fingerprint density at radius 2 is 1.67 bits per heavy atom. The molecule has 1 aromatic heterocycles. The molecule has 4 nitrogen and oxygen atoms in total. The Hall–Kier alpha value is -2.88. The molecule has 0 atom stereocenters. The molecule has 0 unspecified atom stereocenters. The fourth-order valence-electron chi connectivity index (χ4n) is 2.34. The molecular weight excluding hydrogens is 266 g/mol. The van der Waals surface area contributed by atoms with Crippen molar-refractivity contribution < 1.29 is 9.53 Å². The summed E-state index contributed by atoms with van der Waals surface area (Å²) < 4.78 is 6.53. The van der Waals surface area contributed by atoms with Crippen molar-refractivity contribution in [2.24, 2.45) is 0 Å². The summed E-state index contributed by atoms with van der Waals surface area (Å²) in [6, 6.07) is 16.7. The maximum absolute atomic E-state index is 12.4. The third-order valence-electron chi connectivity index (χ3n) is 3.35. The molecule has 0 bridgehead atoms. The van der Waals surface area contributed by atoms with E-state index in [1.165, 1.54) is 13.3 Å². The molecule has 1 heterocycles. The minimum Gasteiger partial charge on any atom is -0.465 e. The standard InChI is InChI=1S/C17H13NO3/c1-21-17(20)14-11-18(12-7-3-2-4-8-12)15-10-6-5-9-13(15)16(14)19/h2-11H,1H3. The van der Waals surface area contributed by atoms with Crippen molar-refractivity contribution in [3.63, 3.8) is 0 Å². The first-order valence-electron chi connectivity index (χ1n) is 6.50. The number of rotatable bonds is 2. The lowest BCUT2D eigenvalue weighted by Crippen LogP contribution is -2.19. The minimum atomic E-state index is -0.629. The third-order valence-corrected chi connectivity index (χ3v) is 3.35. The van der Waals surface area contributed by atoms with E-state index in [0.717, 1.165) is 11.2 Å². The second kappa shape index (κ2) is 5.25. The van der Waals surface area contributed by atoms with Crippen molar-refractivity contribution in [3.8, 4) is 5.69 Å². The summed E-state index contributed by atoms with van der Waals surface area (Å²) in [5, 5.41) is 0.490. The number of aromatic nitrogens is 1. The molecule has 0 spiro atoms. The number of esters is 1. The quantitative estimate of drug-likeness (QED) is 0.678. The normalized spacial score (nSPS) is 10.5. The van der Waals surface area contributed by atoms with Gasteiger partial charge in [-0.3, -0.25) is 4.79 Å². The van der Waals surface area contributed by atoms with Crippen LogP contribution in [-0.2, 0) is 4.74 Å².